The Kier molecular flexibility index (Phi) is 6.50. The fourth-order valence-electron chi connectivity index (χ4n) is 4.01. The summed E-state index contributed by atoms with van der Waals surface area (Å²) in [7, 11) is 3.00. The van der Waals surface area contributed by atoms with Crippen molar-refractivity contribution < 1.29 is 18.7 Å². The summed E-state index contributed by atoms with van der Waals surface area (Å²) in [5, 5.41) is 0.512. The van der Waals surface area contributed by atoms with Crippen molar-refractivity contribution in [3.05, 3.63) is 65.1 Å². The molecule has 1 aliphatic rings. The minimum absolute atomic E-state index is 0.0921. The van der Waals surface area contributed by atoms with Crippen LogP contribution in [0.3, 0.4) is 0 Å². The second kappa shape index (κ2) is 9.53. The summed E-state index contributed by atoms with van der Waals surface area (Å²) >= 11 is 0. The molecule has 1 saturated heterocycles. The summed E-state index contributed by atoms with van der Waals surface area (Å²) in [6.45, 7) is 7.19. The fourth-order valence-corrected chi connectivity index (χ4v) is 4.01. The minimum Gasteiger partial charge on any atom is -0.408 e. The van der Waals surface area contributed by atoms with Gasteiger partial charge in [0.1, 0.15) is 23.3 Å². The van der Waals surface area contributed by atoms with Crippen molar-refractivity contribution in [2.24, 2.45) is 0 Å². The first kappa shape index (κ1) is 23.9. The van der Waals surface area contributed by atoms with Crippen molar-refractivity contribution in [2.45, 2.75) is 6.92 Å². The number of pyridine rings is 1. The molecule has 0 unspecified atom stereocenters. The number of aryl methyl sites for hydroxylation is 1. The molecule has 182 valence electrons. The first-order valence-corrected chi connectivity index (χ1v) is 10.9. The van der Waals surface area contributed by atoms with E-state index in [-0.39, 0.29) is 22.9 Å². The fraction of sp³-hybridized carbons (Fsp3) is 0.292. The van der Waals surface area contributed by atoms with Crippen molar-refractivity contribution in [3.8, 4) is 11.4 Å². The van der Waals surface area contributed by atoms with Crippen molar-refractivity contribution in [2.75, 3.05) is 45.2 Å². The Balaban J connectivity index is 1.80. The monoisotopic (exact) mass is 480 g/mol. The van der Waals surface area contributed by atoms with Gasteiger partial charge in [-0.1, -0.05) is 12.6 Å². The van der Waals surface area contributed by atoms with Crippen LogP contribution in [0.1, 0.15) is 5.69 Å². The molecule has 1 fully saturated rings. The normalized spacial score (nSPS) is 13.6. The second-order valence-corrected chi connectivity index (χ2v) is 8.25. The highest BCUT2D eigenvalue weighted by Gasteiger charge is 2.25. The van der Waals surface area contributed by atoms with Crippen LogP contribution in [-0.4, -0.2) is 76.6 Å². The average molecular weight is 481 g/mol. The van der Waals surface area contributed by atoms with Crippen LogP contribution >= 0.6 is 0 Å². The molecule has 10 nitrogen and oxygen atoms in total. The topological polar surface area (TPSA) is 101 Å². The Morgan fingerprint density at radius 1 is 1.17 bits per heavy atom. The van der Waals surface area contributed by atoms with Gasteiger partial charge in [0.2, 0.25) is 5.91 Å². The molecule has 1 aliphatic heterocycles. The van der Waals surface area contributed by atoms with Gasteiger partial charge in [-0.25, -0.2) is 19.2 Å². The van der Waals surface area contributed by atoms with Crippen molar-refractivity contribution in [1.82, 2.24) is 24.3 Å². The Hall–Kier alpha value is -4.28. The van der Waals surface area contributed by atoms with E-state index in [1.165, 1.54) is 49.6 Å². The maximum Gasteiger partial charge on any atom is 0.414 e. The molecule has 35 heavy (non-hydrogen) atoms. The number of piperazine rings is 1. The van der Waals surface area contributed by atoms with E-state index in [2.05, 4.69) is 16.5 Å². The predicted octanol–water partition coefficient (Wildman–Crippen LogP) is 2.12. The zero-order chi connectivity index (χ0) is 25.3. The summed E-state index contributed by atoms with van der Waals surface area (Å²) in [6, 6.07) is 5.71. The van der Waals surface area contributed by atoms with Gasteiger partial charge in [-0.05, 0) is 31.2 Å². The Morgan fingerprint density at radius 3 is 2.54 bits per heavy atom. The number of benzene rings is 1. The van der Waals surface area contributed by atoms with Crippen LogP contribution in [0.25, 0.3) is 16.6 Å². The van der Waals surface area contributed by atoms with E-state index < -0.39 is 17.5 Å². The third kappa shape index (κ3) is 4.44. The quantitative estimate of drug-likeness (QED) is 0.528. The van der Waals surface area contributed by atoms with Crippen LogP contribution in [0.5, 0.6) is 5.75 Å². The van der Waals surface area contributed by atoms with E-state index in [1.807, 2.05) is 4.90 Å². The summed E-state index contributed by atoms with van der Waals surface area (Å²) < 4.78 is 21.5. The SMILES string of the molecule is C=CC(=O)N1CCN(c2ncnc3c(=O)n(-c4c(F)cccc4OC(=O)N(C)C)c(C)cc23)CC1. The highest BCUT2D eigenvalue weighted by atomic mass is 19.1. The van der Waals surface area contributed by atoms with Gasteiger partial charge in [-0.2, -0.15) is 0 Å². The standard InChI is InChI=1S/C24H25FN6O4/c1-5-19(32)29-9-11-30(12-10-29)22-16-13-15(2)31(23(33)20(16)26-14-27-22)21-17(25)7-6-8-18(21)35-24(34)28(3)4/h5-8,13-14H,1,9-12H2,2-4H3. The number of para-hydroxylation sites is 1. The Bertz CT molecular complexity index is 1380. The number of carbonyl (C=O) groups is 2. The molecule has 0 atom stereocenters. The summed E-state index contributed by atoms with van der Waals surface area (Å²) in [5.41, 5.74) is -0.246. The maximum atomic E-state index is 15.0. The molecule has 11 heteroatoms. The molecule has 0 radical (unpaired) electrons. The molecule has 0 aliphatic carbocycles. The molecule has 0 N–H and O–H groups in total. The molecule has 3 aromatic rings. The predicted molar refractivity (Wildman–Crippen MR) is 129 cm³/mol. The summed E-state index contributed by atoms with van der Waals surface area (Å²) in [4.78, 5) is 51.0. The third-order valence-corrected chi connectivity index (χ3v) is 5.78. The lowest BCUT2D eigenvalue weighted by Gasteiger charge is -2.35. The van der Waals surface area contributed by atoms with Crippen molar-refractivity contribution >= 4 is 28.7 Å². The highest BCUT2D eigenvalue weighted by molar-refractivity contribution is 5.90. The van der Waals surface area contributed by atoms with Gasteiger partial charge in [-0.3, -0.25) is 14.2 Å². The van der Waals surface area contributed by atoms with Gasteiger partial charge in [0.15, 0.2) is 11.6 Å². The lowest BCUT2D eigenvalue weighted by atomic mass is 10.2. The number of nitrogens with zero attached hydrogens (tertiary/aromatic N) is 6. The molecular formula is C24H25FN6O4. The molecule has 1 aromatic carbocycles. The van der Waals surface area contributed by atoms with Crippen LogP contribution in [0, 0.1) is 12.7 Å². The van der Waals surface area contributed by atoms with Gasteiger partial charge in [0.05, 0.1) is 5.39 Å². The molecule has 0 saturated carbocycles. The summed E-state index contributed by atoms with van der Waals surface area (Å²) in [5.74, 6) is -0.395. The molecule has 0 spiro atoms. The van der Waals surface area contributed by atoms with E-state index >= 15 is 4.39 Å². The van der Waals surface area contributed by atoms with E-state index in [0.29, 0.717) is 43.1 Å². The van der Waals surface area contributed by atoms with E-state index in [0.717, 1.165) is 4.57 Å². The van der Waals surface area contributed by atoms with E-state index in [9.17, 15) is 14.4 Å². The first-order chi connectivity index (χ1) is 16.7. The Labute approximate surface area is 200 Å². The number of rotatable bonds is 4. The molecule has 0 bridgehead atoms. The Morgan fingerprint density at radius 2 is 1.89 bits per heavy atom. The van der Waals surface area contributed by atoms with Gasteiger partial charge in [0.25, 0.3) is 5.56 Å². The van der Waals surface area contributed by atoms with Crippen molar-refractivity contribution in [1.29, 1.82) is 0 Å². The lowest BCUT2D eigenvalue weighted by Crippen LogP contribution is -2.48. The zero-order valence-corrected chi connectivity index (χ0v) is 19.7. The number of ether oxygens (including phenoxy) is 1. The van der Waals surface area contributed by atoms with Crippen LogP contribution in [0.4, 0.5) is 15.0 Å². The molecular weight excluding hydrogens is 455 g/mol. The van der Waals surface area contributed by atoms with E-state index in [1.54, 1.807) is 17.9 Å². The van der Waals surface area contributed by atoms with Gasteiger partial charge in [0, 0.05) is 46.0 Å². The number of hydrogen-bond donors (Lipinski definition) is 0. The van der Waals surface area contributed by atoms with Crippen LogP contribution < -0.4 is 15.2 Å². The number of carbonyl (C=O) groups excluding carboxylic acids is 2. The molecule has 3 heterocycles. The number of fused-ring (bicyclic) bond motifs is 1. The minimum atomic E-state index is -0.726. The molecule has 4 rings (SSSR count). The number of aromatic nitrogens is 3. The van der Waals surface area contributed by atoms with Crippen LogP contribution in [0.15, 0.2) is 48.0 Å². The lowest BCUT2D eigenvalue weighted by molar-refractivity contribution is -0.126. The van der Waals surface area contributed by atoms with Gasteiger partial charge >= 0.3 is 6.09 Å². The largest absolute Gasteiger partial charge is 0.414 e. The van der Waals surface area contributed by atoms with E-state index in [4.69, 9.17) is 4.74 Å². The zero-order valence-electron chi connectivity index (χ0n) is 19.7. The van der Waals surface area contributed by atoms with Crippen LogP contribution in [-0.2, 0) is 4.79 Å². The number of hydrogen-bond acceptors (Lipinski definition) is 7. The number of amides is 2. The number of anilines is 1. The first-order valence-electron chi connectivity index (χ1n) is 10.9. The molecule has 2 amide bonds. The summed E-state index contributed by atoms with van der Waals surface area (Å²) in [6.07, 6.45) is 1.87. The average Bonchev–Trinajstić information content (AvgIpc) is 2.84. The number of halogens is 1. The molecule has 2 aromatic heterocycles. The van der Waals surface area contributed by atoms with Crippen LogP contribution in [0.2, 0.25) is 0 Å². The smallest absolute Gasteiger partial charge is 0.408 e. The third-order valence-electron chi connectivity index (χ3n) is 5.78. The van der Waals surface area contributed by atoms with Gasteiger partial charge in [-0.15, -0.1) is 0 Å². The van der Waals surface area contributed by atoms with Gasteiger partial charge < -0.3 is 19.4 Å². The van der Waals surface area contributed by atoms with Crippen molar-refractivity contribution in [3.63, 3.8) is 0 Å². The highest BCUT2D eigenvalue weighted by Crippen LogP contribution is 2.29. The maximum absolute atomic E-state index is 15.0. The second-order valence-electron chi connectivity index (χ2n) is 8.25.